The van der Waals surface area contributed by atoms with Gasteiger partial charge >= 0.3 is 0 Å². The van der Waals surface area contributed by atoms with Gasteiger partial charge in [-0.3, -0.25) is 9.59 Å². The molecule has 0 radical (unpaired) electrons. The van der Waals surface area contributed by atoms with E-state index < -0.39 is 5.41 Å². The number of hydrogen-bond acceptors (Lipinski definition) is 4. The Bertz CT molecular complexity index is 770. The van der Waals surface area contributed by atoms with Gasteiger partial charge in [0.05, 0.1) is 5.56 Å². The molecule has 0 aliphatic heterocycles. The number of nitrogens with one attached hydrogen (secondary N) is 3. The number of pyridine rings is 1. The first-order valence-electron chi connectivity index (χ1n) is 8.31. The van der Waals surface area contributed by atoms with Crippen molar-refractivity contribution in [2.45, 2.75) is 20.8 Å². The fraction of sp³-hybridized carbons (Fsp3) is 0.316. The van der Waals surface area contributed by atoms with Crippen LogP contribution in [-0.2, 0) is 4.79 Å². The Morgan fingerprint density at radius 1 is 1.08 bits per heavy atom. The van der Waals surface area contributed by atoms with E-state index in [0.717, 1.165) is 4.47 Å². The van der Waals surface area contributed by atoms with Crippen molar-refractivity contribution in [3.8, 4) is 0 Å². The molecule has 0 aliphatic carbocycles. The Labute approximate surface area is 161 Å². The van der Waals surface area contributed by atoms with Gasteiger partial charge in [-0.15, -0.1) is 0 Å². The molecule has 0 atom stereocenters. The standard InChI is InChI=1S/C19H23BrN4O2/c1-19(2,3)18(26)23-12-11-22-16-15(5-4-10-21-16)17(25)24-14-8-6-13(20)7-9-14/h4-10H,11-12H2,1-3H3,(H,21,22)(H,23,26)(H,24,25). The van der Waals surface area contributed by atoms with Gasteiger partial charge in [0.25, 0.3) is 5.91 Å². The summed E-state index contributed by atoms with van der Waals surface area (Å²) in [5.74, 6) is 0.210. The van der Waals surface area contributed by atoms with Crippen molar-refractivity contribution in [1.82, 2.24) is 10.3 Å². The van der Waals surface area contributed by atoms with Gasteiger partial charge in [-0.05, 0) is 36.4 Å². The predicted molar refractivity (Wildman–Crippen MR) is 107 cm³/mol. The first kappa shape index (κ1) is 19.9. The fourth-order valence-corrected chi connectivity index (χ4v) is 2.35. The van der Waals surface area contributed by atoms with Crippen LogP contribution < -0.4 is 16.0 Å². The third-order valence-corrected chi connectivity index (χ3v) is 4.07. The van der Waals surface area contributed by atoms with Gasteiger partial charge in [0, 0.05) is 34.9 Å². The highest BCUT2D eigenvalue weighted by molar-refractivity contribution is 9.10. The minimum absolute atomic E-state index is 0.0199. The topological polar surface area (TPSA) is 83.1 Å². The maximum absolute atomic E-state index is 12.5. The van der Waals surface area contributed by atoms with Gasteiger partial charge in [0.2, 0.25) is 5.91 Å². The van der Waals surface area contributed by atoms with E-state index in [1.165, 1.54) is 0 Å². The fourth-order valence-electron chi connectivity index (χ4n) is 2.08. The highest BCUT2D eigenvalue weighted by Gasteiger charge is 2.20. The number of amides is 2. The van der Waals surface area contributed by atoms with Gasteiger partial charge in [0.15, 0.2) is 0 Å². The number of carbonyl (C=O) groups is 2. The summed E-state index contributed by atoms with van der Waals surface area (Å²) in [5.41, 5.74) is 0.712. The van der Waals surface area contributed by atoms with E-state index in [1.807, 2.05) is 45.0 Å². The molecule has 6 nitrogen and oxygen atoms in total. The number of carbonyl (C=O) groups excluding carboxylic acids is 2. The molecular formula is C19H23BrN4O2. The third kappa shape index (κ3) is 5.84. The average molecular weight is 419 g/mol. The number of rotatable bonds is 6. The molecule has 7 heteroatoms. The first-order valence-corrected chi connectivity index (χ1v) is 9.11. The minimum atomic E-state index is -0.430. The van der Waals surface area contributed by atoms with Crippen molar-refractivity contribution in [3.05, 3.63) is 52.6 Å². The smallest absolute Gasteiger partial charge is 0.259 e. The zero-order chi connectivity index (χ0) is 19.2. The number of benzene rings is 1. The van der Waals surface area contributed by atoms with Crippen molar-refractivity contribution in [2.75, 3.05) is 23.7 Å². The molecule has 0 saturated carbocycles. The molecule has 3 N–H and O–H groups in total. The summed E-state index contributed by atoms with van der Waals surface area (Å²) >= 11 is 3.36. The molecule has 0 fully saturated rings. The Kier molecular flexibility index (Phi) is 6.74. The van der Waals surface area contributed by atoms with Gasteiger partial charge in [0.1, 0.15) is 5.82 Å². The highest BCUT2D eigenvalue weighted by Crippen LogP contribution is 2.17. The van der Waals surface area contributed by atoms with Gasteiger partial charge in [-0.1, -0.05) is 36.7 Å². The zero-order valence-electron chi connectivity index (χ0n) is 15.1. The molecule has 2 amide bonds. The van der Waals surface area contributed by atoms with E-state index in [1.54, 1.807) is 18.3 Å². The second-order valence-electron chi connectivity index (χ2n) is 6.79. The minimum Gasteiger partial charge on any atom is -0.368 e. The molecule has 0 aliphatic rings. The lowest BCUT2D eigenvalue weighted by molar-refractivity contribution is -0.128. The van der Waals surface area contributed by atoms with Crippen LogP contribution in [0.4, 0.5) is 11.5 Å². The van der Waals surface area contributed by atoms with Crippen molar-refractivity contribution >= 4 is 39.2 Å². The molecule has 0 bridgehead atoms. The Morgan fingerprint density at radius 3 is 2.42 bits per heavy atom. The van der Waals surface area contributed by atoms with Crippen LogP contribution in [0.3, 0.4) is 0 Å². The summed E-state index contributed by atoms with van der Waals surface area (Å²) in [4.78, 5) is 28.6. The predicted octanol–water partition coefficient (Wildman–Crippen LogP) is 3.67. The Morgan fingerprint density at radius 2 is 1.77 bits per heavy atom. The van der Waals surface area contributed by atoms with E-state index >= 15 is 0 Å². The maximum Gasteiger partial charge on any atom is 0.259 e. The van der Waals surface area contributed by atoms with Crippen LogP contribution in [0.1, 0.15) is 31.1 Å². The summed E-state index contributed by atoms with van der Waals surface area (Å²) in [6, 6.07) is 10.8. The van der Waals surface area contributed by atoms with Crippen LogP contribution in [0.2, 0.25) is 0 Å². The molecule has 0 unspecified atom stereocenters. The Hall–Kier alpha value is -2.41. The summed E-state index contributed by atoms with van der Waals surface area (Å²) < 4.78 is 0.941. The summed E-state index contributed by atoms with van der Waals surface area (Å²) in [5, 5.41) is 8.80. The second-order valence-corrected chi connectivity index (χ2v) is 7.71. The molecular weight excluding hydrogens is 396 g/mol. The monoisotopic (exact) mass is 418 g/mol. The molecule has 1 aromatic carbocycles. The number of hydrogen-bond donors (Lipinski definition) is 3. The quantitative estimate of drug-likeness (QED) is 0.624. The Balaban J connectivity index is 1.95. The summed E-state index contributed by atoms with van der Waals surface area (Å²) in [6.07, 6.45) is 1.62. The summed E-state index contributed by atoms with van der Waals surface area (Å²) in [7, 11) is 0. The van der Waals surface area contributed by atoms with E-state index in [0.29, 0.717) is 30.2 Å². The first-order chi connectivity index (χ1) is 12.3. The third-order valence-electron chi connectivity index (χ3n) is 3.54. The molecule has 2 aromatic rings. The molecule has 2 rings (SSSR count). The van der Waals surface area contributed by atoms with Gasteiger partial charge < -0.3 is 16.0 Å². The van der Waals surface area contributed by atoms with Crippen LogP contribution in [0.5, 0.6) is 0 Å². The van der Waals surface area contributed by atoms with Crippen molar-refractivity contribution < 1.29 is 9.59 Å². The van der Waals surface area contributed by atoms with E-state index in [4.69, 9.17) is 0 Å². The molecule has 1 heterocycles. The van der Waals surface area contributed by atoms with E-state index in [9.17, 15) is 9.59 Å². The van der Waals surface area contributed by atoms with E-state index in [-0.39, 0.29) is 11.8 Å². The lowest BCUT2D eigenvalue weighted by Crippen LogP contribution is -2.37. The summed E-state index contributed by atoms with van der Waals surface area (Å²) in [6.45, 7) is 6.50. The lowest BCUT2D eigenvalue weighted by atomic mass is 9.96. The number of anilines is 2. The second kappa shape index (κ2) is 8.80. The molecule has 1 aromatic heterocycles. The average Bonchev–Trinajstić information content (AvgIpc) is 2.60. The molecule has 138 valence electrons. The zero-order valence-corrected chi connectivity index (χ0v) is 16.7. The van der Waals surface area contributed by atoms with Crippen LogP contribution in [0, 0.1) is 5.41 Å². The van der Waals surface area contributed by atoms with Crippen molar-refractivity contribution in [3.63, 3.8) is 0 Å². The van der Waals surface area contributed by atoms with Crippen LogP contribution in [0.15, 0.2) is 47.1 Å². The SMILES string of the molecule is CC(C)(C)C(=O)NCCNc1ncccc1C(=O)Nc1ccc(Br)cc1. The number of nitrogens with zero attached hydrogens (tertiary/aromatic N) is 1. The molecule has 0 saturated heterocycles. The number of aromatic nitrogens is 1. The molecule has 0 spiro atoms. The molecule has 26 heavy (non-hydrogen) atoms. The van der Waals surface area contributed by atoms with Gasteiger partial charge in [-0.2, -0.15) is 0 Å². The van der Waals surface area contributed by atoms with Crippen LogP contribution >= 0.6 is 15.9 Å². The van der Waals surface area contributed by atoms with Crippen molar-refractivity contribution in [1.29, 1.82) is 0 Å². The van der Waals surface area contributed by atoms with E-state index in [2.05, 4.69) is 36.9 Å². The van der Waals surface area contributed by atoms with Crippen molar-refractivity contribution in [2.24, 2.45) is 5.41 Å². The number of halogens is 1. The van der Waals surface area contributed by atoms with Gasteiger partial charge in [-0.25, -0.2) is 4.98 Å². The highest BCUT2D eigenvalue weighted by atomic mass is 79.9. The maximum atomic E-state index is 12.5. The normalized spacial score (nSPS) is 10.9. The lowest BCUT2D eigenvalue weighted by Gasteiger charge is -2.18. The van der Waals surface area contributed by atoms with Crippen LogP contribution in [0.25, 0.3) is 0 Å². The largest absolute Gasteiger partial charge is 0.368 e. The van der Waals surface area contributed by atoms with Crippen LogP contribution in [-0.4, -0.2) is 29.9 Å².